The van der Waals surface area contributed by atoms with Gasteiger partial charge < -0.3 is 4.74 Å². The Kier molecular flexibility index (Phi) is 2.31. The van der Waals surface area contributed by atoms with E-state index in [0.29, 0.717) is 13.2 Å². The van der Waals surface area contributed by atoms with Crippen LogP contribution in [0.25, 0.3) is 0 Å². The summed E-state index contributed by atoms with van der Waals surface area (Å²) in [6.45, 7) is 4.83. The quantitative estimate of drug-likeness (QED) is 0.602. The zero-order chi connectivity index (χ0) is 10.3. The molecule has 0 aromatic heterocycles. The molecule has 2 rings (SSSR count). The van der Waals surface area contributed by atoms with E-state index in [1.54, 1.807) is 0 Å². The van der Waals surface area contributed by atoms with Gasteiger partial charge in [-0.15, -0.1) is 0 Å². The van der Waals surface area contributed by atoms with Crippen molar-refractivity contribution >= 4 is 11.8 Å². The predicted octanol–water partition coefficient (Wildman–Crippen LogP) is 0.416. The van der Waals surface area contributed by atoms with Crippen LogP contribution in [0.2, 0.25) is 0 Å². The fourth-order valence-electron chi connectivity index (χ4n) is 1.98. The van der Waals surface area contributed by atoms with Crippen LogP contribution in [-0.2, 0) is 14.3 Å². The monoisotopic (exact) mass is 197 g/mol. The Balaban J connectivity index is 2.05. The zero-order valence-electron chi connectivity index (χ0n) is 8.53. The maximum absolute atomic E-state index is 11.8. The molecule has 2 fully saturated rings. The highest BCUT2D eigenvalue weighted by atomic mass is 16.5. The normalized spacial score (nSPS) is 32.4. The molecule has 0 saturated carbocycles. The largest absolute Gasteiger partial charge is 0.378 e. The molecule has 4 heteroatoms. The highest BCUT2D eigenvalue weighted by Gasteiger charge is 2.54. The average Bonchev–Trinajstić information content (AvgIpc) is 2.60. The van der Waals surface area contributed by atoms with E-state index in [0.717, 1.165) is 6.42 Å². The van der Waals surface area contributed by atoms with E-state index >= 15 is 0 Å². The van der Waals surface area contributed by atoms with Crippen LogP contribution in [0.1, 0.15) is 20.3 Å². The van der Waals surface area contributed by atoms with Crippen LogP contribution in [-0.4, -0.2) is 36.0 Å². The van der Waals surface area contributed by atoms with Gasteiger partial charge in [-0.05, 0) is 6.42 Å². The molecule has 14 heavy (non-hydrogen) atoms. The van der Waals surface area contributed by atoms with Crippen LogP contribution in [0.15, 0.2) is 0 Å². The lowest BCUT2D eigenvalue weighted by Crippen LogP contribution is -2.63. The smallest absolute Gasteiger partial charge is 0.237 e. The minimum atomic E-state index is -0.0551. The molecule has 2 heterocycles. The second-order valence-electron chi connectivity index (χ2n) is 4.07. The number of amides is 2. The summed E-state index contributed by atoms with van der Waals surface area (Å²) >= 11 is 0. The van der Waals surface area contributed by atoms with Gasteiger partial charge in [0.05, 0.1) is 25.2 Å². The first-order valence-corrected chi connectivity index (χ1v) is 5.11. The van der Waals surface area contributed by atoms with Crippen LogP contribution in [0.5, 0.6) is 0 Å². The van der Waals surface area contributed by atoms with E-state index in [9.17, 15) is 9.59 Å². The summed E-state index contributed by atoms with van der Waals surface area (Å²) in [6.07, 6.45) is 0.779. The van der Waals surface area contributed by atoms with Crippen LogP contribution in [0.4, 0.5) is 0 Å². The van der Waals surface area contributed by atoms with Gasteiger partial charge in [0.2, 0.25) is 11.8 Å². The van der Waals surface area contributed by atoms with Crippen molar-refractivity contribution in [3.05, 3.63) is 0 Å². The third-order valence-electron chi connectivity index (χ3n) is 3.21. The van der Waals surface area contributed by atoms with E-state index in [2.05, 4.69) is 0 Å². The summed E-state index contributed by atoms with van der Waals surface area (Å²) in [7, 11) is 0. The fourth-order valence-corrected chi connectivity index (χ4v) is 1.98. The maximum atomic E-state index is 11.8. The van der Waals surface area contributed by atoms with Crippen molar-refractivity contribution in [2.45, 2.75) is 26.3 Å². The second-order valence-corrected chi connectivity index (χ2v) is 4.07. The minimum Gasteiger partial charge on any atom is -0.378 e. The number of hydrogen-bond donors (Lipinski definition) is 0. The Morgan fingerprint density at radius 1 is 1.64 bits per heavy atom. The lowest BCUT2D eigenvalue weighted by atomic mass is 9.89. The molecule has 0 spiro atoms. The number of carbonyl (C=O) groups is 2. The molecule has 2 saturated heterocycles. The van der Waals surface area contributed by atoms with Crippen LogP contribution in [0, 0.1) is 11.8 Å². The van der Waals surface area contributed by atoms with Crippen molar-refractivity contribution in [1.29, 1.82) is 0 Å². The van der Waals surface area contributed by atoms with Gasteiger partial charge in [-0.1, -0.05) is 13.8 Å². The average molecular weight is 197 g/mol. The van der Waals surface area contributed by atoms with E-state index in [1.807, 2.05) is 13.8 Å². The fraction of sp³-hybridized carbons (Fsp3) is 0.800. The Labute approximate surface area is 83.2 Å². The standard InChI is InChI=1S/C10H15NO3/c1-3-6(2)9(12)11-8-5-14-4-7(8)10(11)13/h6-8H,3-5H2,1-2H3. The first kappa shape index (κ1) is 9.65. The van der Waals surface area contributed by atoms with E-state index in [1.165, 1.54) is 4.90 Å². The van der Waals surface area contributed by atoms with Gasteiger partial charge in [0, 0.05) is 5.92 Å². The molecule has 0 radical (unpaired) electrons. The number of β-lactam (4-membered cyclic amide) rings is 1. The minimum absolute atomic E-state index is 0.0315. The maximum Gasteiger partial charge on any atom is 0.237 e. The summed E-state index contributed by atoms with van der Waals surface area (Å²) in [5.74, 6) is -0.175. The first-order valence-electron chi connectivity index (χ1n) is 5.11. The topological polar surface area (TPSA) is 46.6 Å². The molecule has 4 nitrogen and oxygen atoms in total. The lowest BCUT2D eigenvalue weighted by molar-refractivity contribution is -0.164. The Bertz CT molecular complexity index is 277. The number of hydrogen-bond acceptors (Lipinski definition) is 3. The highest BCUT2D eigenvalue weighted by molar-refractivity contribution is 6.03. The highest BCUT2D eigenvalue weighted by Crippen LogP contribution is 2.33. The number of carbonyl (C=O) groups excluding carboxylic acids is 2. The van der Waals surface area contributed by atoms with Gasteiger partial charge in [0.15, 0.2) is 0 Å². The molecule has 3 atom stereocenters. The van der Waals surface area contributed by atoms with Gasteiger partial charge in [-0.25, -0.2) is 0 Å². The summed E-state index contributed by atoms with van der Waals surface area (Å²) in [4.78, 5) is 24.7. The zero-order valence-corrected chi connectivity index (χ0v) is 8.53. The Morgan fingerprint density at radius 3 is 3.00 bits per heavy atom. The van der Waals surface area contributed by atoms with Crippen molar-refractivity contribution in [2.24, 2.45) is 11.8 Å². The summed E-state index contributed by atoms with van der Waals surface area (Å²) in [5, 5.41) is 0. The molecule has 0 aromatic carbocycles. The molecule has 2 amide bonds. The summed E-state index contributed by atoms with van der Waals surface area (Å²) in [6, 6.07) is 0.0315. The molecular weight excluding hydrogens is 182 g/mol. The molecule has 0 bridgehead atoms. The number of imide groups is 1. The van der Waals surface area contributed by atoms with E-state index in [-0.39, 0.29) is 29.7 Å². The van der Waals surface area contributed by atoms with E-state index < -0.39 is 0 Å². The third-order valence-corrected chi connectivity index (χ3v) is 3.21. The van der Waals surface area contributed by atoms with Gasteiger partial charge in [-0.2, -0.15) is 0 Å². The molecule has 0 N–H and O–H groups in total. The SMILES string of the molecule is CCC(C)C(=O)N1C(=O)C2COCC21. The van der Waals surface area contributed by atoms with Crippen molar-refractivity contribution in [1.82, 2.24) is 4.90 Å². The van der Waals surface area contributed by atoms with Crippen LogP contribution < -0.4 is 0 Å². The Hall–Kier alpha value is -0.900. The van der Waals surface area contributed by atoms with Crippen molar-refractivity contribution < 1.29 is 14.3 Å². The Morgan fingerprint density at radius 2 is 2.36 bits per heavy atom. The number of nitrogens with zero attached hydrogens (tertiary/aromatic N) is 1. The molecule has 3 unspecified atom stereocenters. The van der Waals surface area contributed by atoms with Gasteiger partial charge in [-0.3, -0.25) is 14.5 Å². The molecule has 2 aliphatic rings. The van der Waals surface area contributed by atoms with Gasteiger partial charge in [0.1, 0.15) is 0 Å². The molecule has 0 aliphatic carbocycles. The summed E-state index contributed by atoms with van der Waals surface area (Å²) in [5.41, 5.74) is 0. The number of ether oxygens (including phenoxy) is 1. The number of fused-ring (bicyclic) bond motifs is 1. The van der Waals surface area contributed by atoms with Crippen molar-refractivity contribution in [2.75, 3.05) is 13.2 Å². The molecular formula is C10H15NO3. The molecule has 0 aromatic rings. The van der Waals surface area contributed by atoms with Crippen LogP contribution in [0.3, 0.4) is 0 Å². The van der Waals surface area contributed by atoms with Gasteiger partial charge >= 0.3 is 0 Å². The van der Waals surface area contributed by atoms with Crippen LogP contribution >= 0.6 is 0 Å². The van der Waals surface area contributed by atoms with Crippen molar-refractivity contribution in [3.63, 3.8) is 0 Å². The molecule has 78 valence electrons. The molecule has 2 aliphatic heterocycles. The van der Waals surface area contributed by atoms with E-state index in [4.69, 9.17) is 4.74 Å². The summed E-state index contributed by atoms with van der Waals surface area (Å²) < 4.78 is 5.18. The lowest BCUT2D eigenvalue weighted by Gasteiger charge is -2.41. The van der Waals surface area contributed by atoms with Crippen molar-refractivity contribution in [3.8, 4) is 0 Å². The number of likely N-dealkylation sites (tertiary alicyclic amines) is 1. The third kappa shape index (κ3) is 1.17. The second kappa shape index (κ2) is 3.35. The number of rotatable bonds is 2. The first-order chi connectivity index (χ1) is 6.66. The van der Waals surface area contributed by atoms with Gasteiger partial charge in [0.25, 0.3) is 0 Å². The predicted molar refractivity (Wildman–Crippen MR) is 49.4 cm³/mol.